The lowest BCUT2D eigenvalue weighted by Gasteiger charge is -2.06. The summed E-state index contributed by atoms with van der Waals surface area (Å²) in [6.45, 7) is 0.752. The van der Waals surface area contributed by atoms with E-state index in [1.807, 2.05) is 6.07 Å². The zero-order chi connectivity index (χ0) is 21.8. The molecule has 0 saturated carbocycles. The molecule has 31 heavy (non-hydrogen) atoms. The molecule has 4 aromatic rings. The minimum Gasteiger partial charge on any atom is -0.350 e. The topological polar surface area (TPSA) is 92.7 Å². The van der Waals surface area contributed by atoms with Crippen molar-refractivity contribution in [1.29, 1.82) is 5.26 Å². The van der Waals surface area contributed by atoms with Crippen LogP contribution in [0.25, 0.3) is 11.2 Å². The van der Waals surface area contributed by atoms with Gasteiger partial charge in [0.05, 0.1) is 23.7 Å². The fourth-order valence-electron chi connectivity index (χ4n) is 3.35. The monoisotopic (exact) mass is 415 g/mol. The maximum absolute atomic E-state index is 13.2. The summed E-state index contributed by atoms with van der Waals surface area (Å²) in [6.07, 6.45) is 1.61. The summed E-state index contributed by atoms with van der Waals surface area (Å²) in [5, 5.41) is 11.6. The number of carbonyl (C=O) groups is 1. The van der Waals surface area contributed by atoms with Crippen molar-refractivity contribution < 1.29 is 9.18 Å². The Kier molecular flexibility index (Phi) is 5.58. The van der Waals surface area contributed by atoms with Gasteiger partial charge >= 0.3 is 5.69 Å². The van der Waals surface area contributed by atoms with Gasteiger partial charge in [-0.3, -0.25) is 13.9 Å². The van der Waals surface area contributed by atoms with Crippen LogP contribution in [0.3, 0.4) is 0 Å². The SMILES string of the molecule is N#Cc1ccc(C(=O)NCCn2c(=O)n(Cc3ccc(F)cc3)c3cccnc32)cc1. The van der Waals surface area contributed by atoms with E-state index in [2.05, 4.69) is 10.3 Å². The normalized spacial score (nSPS) is 10.7. The fraction of sp³-hybridized carbons (Fsp3) is 0.130. The van der Waals surface area contributed by atoms with Crippen molar-refractivity contribution in [2.45, 2.75) is 13.1 Å². The summed E-state index contributed by atoms with van der Waals surface area (Å²) in [6, 6.07) is 17.9. The van der Waals surface area contributed by atoms with Crippen molar-refractivity contribution >= 4 is 17.1 Å². The molecule has 0 atom stereocenters. The molecule has 0 aliphatic heterocycles. The van der Waals surface area contributed by atoms with Crippen molar-refractivity contribution in [3.63, 3.8) is 0 Å². The Balaban J connectivity index is 1.53. The van der Waals surface area contributed by atoms with Crippen LogP contribution in [-0.2, 0) is 13.1 Å². The number of hydrogen-bond donors (Lipinski definition) is 1. The molecule has 0 aliphatic rings. The number of halogens is 1. The molecule has 7 nitrogen and oxygen atoms in total. The van der Waals surface area contributed by atoms with Gasteiger partial charge < -0.3 is 5.32 Å². The molecule has 154 valence electrons. The average Bonchev–Trinajstić information content (AvgIpc) is 3.06. The number of aromatic nitrogens is 3. The fourth-order valence-corrected chi connectivity index (χ4v) is 3.35. The van der Waals surface area contributed by atoms with Crippen LogP contribution in [0.2, 0.25) is 0 Å². The van der Waals surface area contributed by atoms with Gasteiger partial charge in [-0.1, -0.05) is 12.1 Å². The molecule has 0 bridgehead atoms. The second-order valence-electron chi connectivity index (χ2n) is 6.94. The number of rotatable bonds is 6. The van der Waals surface area contributed by atoms with Crippen molar-refractivity contribution in [3.05, 3.63) is 99.9 Å². The molecule has 2 aromatic heterocycles. The maximum atomic E-state index is 13.2. The Morgan fingerprint density at radius 3 is 2.52 bits per heavy atom. The maximum Gasteiger partial charge on any atom is 0.330 e. The number of nitrogens with one attached hydrogen (secondary N) is 1. The Morgan fingerprint density at radius 2 is 1.81 bits per heavy atom. The number of pyridine rings is 1. The Morgan fingerprint density at radius 1 is 1.06 bits per heavy atom. The number of imidazole rings is 1. The molecule has 1 amide bonds. The zero-order valence-corrected chi connectivity index (χ0v) is 16.5. The zero-order valence-electron chi connectivity index (χ0n) is 16.5. The van der Waals surface area contributed by atoms with Gasteiger partial charge in [-0.25, -0.2) is 14.2 Å². The average molecular weight is 415 g/mol. The first-order valence-electron chi connectivity index (χ1n) is 9.63. The third-order valence-electron chi connectivity index (χ3n) is 4.93. The van der Waals surface area contributed by atoms with E-state index < -0.39 is 0 Å². The Bertz CT molecular complexity index is 1330. The molecule has 4 rings (SSSR count). The van der Waals surface area contributed by atoms with Gasteiger partial charge in [-0.2, -0.15) is 5.26 Å². The summed E-state index contributed by atoms with van der Waals surface area (Å²) in [5.41, 5.74) is 2.62. The van der Waals surface area contributed by atoms with Crippen LogP contribution in [0, 0.1) is 17.1 Å². The van der Waals surface area contributed by atoms with Crippen molar-refractivity contribution in [2.75, 3.05) is 6.54 Å². The molecular formula is C23H18FN5O2. The highest BCUT2D eigenvalue weighted by atomic mass is 19.1. The number of fused-ring (bicyclic) bond motifs is 1. The van der Waals surface area contributed by atoms with E-state index in [-0.39, 0.29) is 37.0 Å². The smallest absolute Gasteiger partial charge is 0.330 e. The highest BCUT2D eigenvalue weighted by Crippen LogP contribution is 2.13. The summed E-state index contributed by atoms with van der Waals surface area (Å²) < 4.78 is 16.3. The van der Waals surface area contributed by atoms with E-state index in [1.165, 1.54) is 16.7 Å². The van der Waals surface area contributed by atoms with E-state index in [0.29, 0.717) is 22.3 Å². The summed E-state index contributed by atoms with van der Waals surface area (Å²) in [7, 11) is 0. The van der Waals surface area contributed by atoms with Gasteiger partial charge in [0.25, 0.3) is 5.91 Å². The van der Waals surface area contributed by atoms with E-state index in [1.54, 1.807) is 59.3 Å². The predicted molar refractivity (Wildman–Crippen MR) is 113 cm³/mol. The number of hydrogen-bond acceptors (Lipinski definition) is 4. The van der Waals surface area contributed by atoms with Crippen LogP contribution < -0.4 is 11.0 Å². The number of nitrogens with zero attached hydrogens (tertiary/aromatic N) is 4. The molecule has 0 unspecified atom stereocenters. The van der Waals surface area contributed by atoms with Crippen molar-refractivity contribution in [3.8, 4) is 6.07 Å². The molecule has 0 radical (unpaired) electrons. The van der Waals surface area contributed by atoms with Gasteiger partial charge in [0.1, 0.15) is 5.82 Å². The number of nitriles is 1. The van der Waals surface area contributed by atoms with Crippen LogP contribution in [0.15, 0.2) is 71.7 Å². The molecule has 2 heterocycles. The first kappa shape index (κ1) is 20.0. The molecule has 8 heteroatoms. The highest BCUT2D eigenvalue weighted by molar-refractivity contribution is 5.94. The van der Waals surface area contributed by atoms with E-state index in [9.17, 15) is 14.0 Å². The second kappa shape index (κ2) is 8.63. The largest absolute Gasteiger partial charge is 0.350 e. The molecule has 0 spiro atoms. The summed E-state index contributed by atoms with van der Waals surface area (Å²) in [5.74, 6) is -0.626. The molecular weight excluding hydrogens is 397 g/mol. The molecule has 0 aliphatic carbocycles. The van der Waals surface area contributed by atoms with Crippen LogP contribution in [0.4, 0.5) is 4.39 Å². The minimum atomic E-state index is -0.335. The predicted octanol–water partition coefficient (Wildman–Crippen LogP) is 2.69. The first-order chi connectivity index (χ1) is 15.1. The lowest BCUT2D eigenvalue weighted by Crippen LogP contribution is -2.32. The molecule has 0 fully saturated rings. The van der Waals surface area contributed by atoms with Crippen molar-refractivity contribution in [1.82, 2.24) is 19.4 Å². The van der Waals surface area contributed by atoms with Gasteiger partial charge in [0, 0.05) is 24.8 Å². The minimum absolute atomic E-state index is 0.227. The van der Waals surface area contributed by atoms with Gasteiger partial charge in [0.2, 0.25) is 0 Å². The molecule has 0 saturated heterocycles. The second-order valence-corrected chi connectivity index (χ2v) is 6.94. The quantitative estimate of drug-likeness (QED) is 0.524. The lowest BCUT2D eigenvalue weighted by molar-refractivity contribution is 0.0952. The molecule has 2 aromatic carbocycles. The lowest BCUT2D eigenvalue weighted by atomic mass is 10.1. The first-order valence-corrected chi connectivity index (χ1v) is 9.63. The van der Waals surface area contributed by atoms with Crippen LogP contribution in [-0.4, -0.2) is 26.6 Å². The third kappa shape index (κ3) is 4.21. The van der Waals surface area contributed by atoms with E-state index in [4.69, 9.17) is 5.26 Å². The van der Waals surface area contributed by atoms with Crippen LogP contribution in [0.5, 0.6) is 0 Å². The van der Waals surface area contributed by atoms with Gasteiger partial charge in [0.15, 0.2) is 5.65 Å². The third-order valence-corrected chi connectivity index (χ3v) is 4.93. The van der Waals surface area contributed by atoms with Crippen LogP contribution in [0.1, 0.15) is 21.5 Å². The number of benzene rings is 2. The van der Waals surface area contributed by atoms with E-state index in [0.717, 1.165) is 5.56 Å². The number of amides is 1. The summed E-state index contributed by atoms with van der Waals surface area (Å²) in [4.78, 5) is 29.7. The van der Waals surface area contributed by atoms with Crippen LogP contribution >= 0.6 is 0 Å². The van der Waals surface area contributed by atoms with Gasteiger partial charge in [-0.15, -0.1) is 0 Å². The Hall–Kier alpha value is -4.25. The summed E-state index contributed by atoms with van der Waals surface area (Å²) >= 11 is 0. The van der Waals surface area contributed by atoms with Crippen molar-refractivity contribution in [2.24, 2.45) is 0 Å². The Labute approximate surface area is 177 Å². The standard InChI is InChI=1S/C23H18FN5O2/c24-19-9-5-17(6-10-19)15-29-20-2-1-11-26-21(20)28(23(29)31)13-12-27-22(30)18-7-3-16(14-25)4-8-18/h1-11H,12-13,15H2,(H,27,30). The van der Waals surface area contributed by atoms with Gasteiger partial charge in [-0.05, 0) is 54.1 Å². The molecule has 1 N–H and O–H groups in total. The number of carbonyl (C=O) groups excluding carboxylic acids is 1. The highest BCUT2D eigenvalue weighted by Gasteiger charge is 2.15. The van der Waals surface area contributed by atoms with E-state index >= 15 is 0 Å².